The maximum absolute atomic E-state index is 11.8. The van der Waals surface area contributed by atoms with Crippen molar-refractivity contribution in [3.05, 3.63) is 68.7 Å². The molecule has 2 rings (SSSR count). The second-order valence-corrected chi connectivity index (χ2v) is 5.35. The smallest absolute Gasteiger partial charge is 0.338 e. The third-order valence-electron chi connectivity index (χ3n) is 2.76. The molecule has 0 aliphatic carbocycles. The number of non-ortho nitro benzene ring substituents is 1. The zero-order chi connectivity index (χ0) is 16.8. The molecule has 2 aromatic carbocycles. The Kier molecular flexibility index (Phi) is 5.42. The van der Waals surface area contributed by atoms with Crippen molar-refractivity contribution in [3.63, 3.8) is 0 Å². The number of nitro groups is 1. The van der Waals surface area contributed by atoms with E-state index in [1.165, 1.54) is 24.3 Å². The molecule has 0 unspecified atom stereocenters. The number of nitrogens with one attached hydrogen (secondary N) is 1. The lowest BCUT2D eigenvalue weighted by molar-refractivity contribution is -0.384. The van der Waals surface area contributed by atoms with Crippen LogP contribution < -0.4 is 5.32 Å². The first-order valence-electron chi connectivity index (χ1n) is 6.43. The summed E-state index contributed by atoms with van der Waals surface area (Å²) in [6, 6.07) is 11.9. The minimum atomic E-state index is -0.732. The van der Waals surface area contributed by atoms with Crippen molar-refractivity contribution < 1.29 is 19.2 Å². The summed E-state index contributed by atoms with van der Waals surface area (Å²) < 4.78 is 5.66. The molecule has 0 aliphatic rings. The molecular formula is C15H11BrN2O5. The van der Waals surface area contributed by atoms with Gasteiger partial charge in [0.2, 0.25) is 0 Å². The van der Waals surface area contributed by atoms with Crippen LogP contribution in [0.4, 0.5) is 11.4 Å². The van der Waals surface area contributed by atoms with E-state index < -0.39 is 23.4 Å². The molecule has 0 atom stereocenters. The third-order valence-corrected chi connectivity index (χ3v) is 3.25. The second kappa shape index (κ2) is 7.50. The standard InChI is InChI=1S/C15H11BrN2O5/c16-11-2-1-3-12(8-11)17-14(19)9-23-15(20)10-4-6-13(7-5-10)18(21)22/h1-8H,9H2,(H,17,19). The van der Waals surface area contributed by atoms with E-state index in [4.69, 9.17) is 4.74 Å². The largest absolute Gasteiger partial charge is 0.452 e. The average molecular weight is 379 g/mol. The number of carbonyl (C=O) groups excluding carboxylic acids is 2. The van der Waals surface area contributed by atoms with Crippen molar-refractivity contribution >= 4 is 39.2 Å². The Morgan fingerprint density at radius 1 is 1.17 bits per heavy atom. The number of ether oxygens (including phenoxy) is 1. The number of rotatable bonds is 5. The zero-order valence-corrected chi connectivity index (χ0v) is 13.3. The van der Waals surface area contributed by atoms with Gasteiger partial charge >= 0.3 is 5.97 Å². The first-order chi connectivity index (χ1) is 11.0. The molecule has 0 bridgehead atoms. The number of hydrogen-bond donors (Lipinski definition) is 1. The summed E-state index contributed by atoms with van der Waals surface area (Å²) in [5.41, 5.74) is 0.565. The molecule has 23 heavy (non-hydrogen) atoms. The first-order valence-corrected chi connectivity index (χ1v) is 7.22. The molecule has 0 spiro atoms. The van der Waals surface area contributed by atoms with Gasteiger partial charge in [-0.1, -0.05) is 22.0 Å². The Labute approximate surface area is 139 Å². The van der Waals surface area contributed by atoms with Gasteiger partial charge < -0.3 is 10.1 Å². The van der Waals surface area contributed by atoms with Gasteiger partial charge in [0.05, 0.1) is 10.5 Å². The van der Waals surface area contributed by atoms with E-state index in [0.29, 0.717) is 5.69 Å². The van der Waals surface area contributed by atoms with Crippen LogP contribution >= 0.6 is 15.9 Å². The molecular weight excluding hydrogens is 368 g/mol. The highest BCUT2D eigenvalue weighted by Gasteiger charge is 2.12. The summed E-state index contributed by atoms with van der Waals surface area (Å²) in [4.78, 5) is 33.4. The summed E-state index contributed by atoms with van der Waals surface area (Å²) in [6.07, 6.45) is 0. The maximum Gasteiger partial charge on any atom is 0.338 e. The number of hydrogen-bond acceptors (Lipinski definition) is 5. The molecule has 0 saturated carbocycles. The van der Waals surface area contributed by atoms with Crippen LogP contribution in [0, 0.1) is 10.1 Å². The van der Waals surface area contributed by atoms with Crippen LogP contribution in [-0.2, 0) is 9.53 Å². The number of amides is 1. The molecule has 0 aromatic heterocycles. The molecule has 0 fully saturated rings. The molecule has 1 amide bonds. The molecule has 0 heterocycles. The van der Waals surface area contributed by atoms with Gasteiger partial charge in [-0.2, -0.15) is 0 Å². The Bertz CT molecular complexity index is 746. The number of anilines is 1. The minimum Gasteiger partial charge on any atom is -0.452 e. The lowest BCUT2D eigenvalue weighted by Crippen LogP contribution is -2.20. The highest BCUT2D eigenvalue weighted by Crippen LogP contribution is 2.16. The van der Waals surface area contributed by atoms with Gasteiger partial charge in [0.15, 0.2) is 6.61 Å². The normalized spacial score (nSPS) is 9.96. The van der Waals surface area contributed by atoms with Gasteiger partial charge in [0, 0.05) is 22.3 Å². The number of nitrogens with zero attached hydrogens (tertiary/aromatic N) is 1. The van der Waals surface area contributed by atoms with Crippen LogP contribution in [0.2, 0.25) is 0 Å². The fraction of sp³-hybridized carbons (Fsp3) is 0.0667. The highest BCUT2D eigenvalue weighted by atomic mass is 79.9. The van der Waals surface area contributed by atoms with Gasteiger partial charge in [-0.3, -0.25) is 14.9 Å². The number of nitro benzene ring substituents is 1. The summed E-state index contributed by atoms with van der Waals surface area (Å²) in [5.74, 6) is -1.22. The van der Waals surface area contributed by atoms with E-state index in [1.54, 1.807) is 18.2 Å². The van der Waals surface area contributed by atoms with Crippen molar-refractivity contribution in [2.75, 3.05) is 11.9 Å². The Morgan fingerprint density at radius 2 is 1.87 bits per heavy atom. The minimum absolute atomic E-state index is 0.130. The van der Waals surface area contributed by atoms with E-state index in [2.05, 4.69) is 21.2 Å². The topological polar surface area (TPSA) is 98.5 Å². The SMILES string of the molecule is O=C(COC(=O)c1ccc([N+](=O)[O-])cc1)Nc1cccc(Br)c1. The predicted molar refractivity (Wildman–Crippen MR) is 86.2 cm³/mol. The third kappa shape index (κ3) is 4.89. The summed E-state index contributed by atoms with van der Waals surface area (Å²) in [5, 5.41) is 13.1. The molecule has 0 saturated heterocycles. The molecule has 8 heteroatoms. The van der Waals surface area contributed by atoms with Gasteiger partial charge in [-0.25, -0.2) is 4.79 Å². The summed E-state index contributed by atoms with van der Waals surface area (Å²) in [7, 11) is 0. The molecule has 0 radical (unpaired) electrons. The zero-order valence-electron chi connectivity index (χ0n) is 11.7. The predicted octanol–water partition coefficient (Wildman–Crippen LogP) is 3.15. The highest BCUT2D eigenvalue weighted by molar-refractivity contribution is 9.10. The van der Waals surface area contributed by atoms with Crippen molar-refractivity contribution in [2.24, 2.45) is 0 Å². The van der Waals surface area contributed by atoms with E-state index in [0.717, 1.165) is 4.47 Å². The maximum atomic E-state index is 11.8. The van der Waals surface area contributed by atoms with Gasteiger partial charge in [-0.15, -0.1) is 0 Å². The fourth-order valence-corrected chi connectivity index (χ4v) is 2.10. The molecule has 7 nitrogen and oxygen atoms in total. The Balaban J connectivity index is 1.88. The van der Waals surface area contributed by atoms with Crippen LogP contribution in [0.25, 0.3) is 0 Å². The van der Waals surface area contributed by atoms with Crippen LogP contribution in [-0.4, -0.2) is 23.4 Å². The molecule has 1 N–H and O–H groups in total. The first kappa shape index (κ1) is 16.6. The van der Waals surface area contributed by atoms with Gasteiger partial charge in [0.25, 0.3) is 11.6 Å². The van der Waals surface area contributed by atoms with Crippen molar-refractivity contribution in [2.45, 2.75) is 0 Å². The average Bonchev–Trinajstić information content (AvgIpc) is 2.52. The summed E-state index contributed by atoms with van der Waals surface area (Å²) >= 11 is 3.28. The van der Waals surface area contributed by atoms with Crippen LogP contribution in [0.1, 0.15) is 10.4 Å². The second-order valence-electron chi connectivity index (χ2n) is 4.44. The van der Waals surface area contributed by atoms with Crippen molar-refractivity contribution in [1.82, 2.24) is 0 Å². The van der Waals surface area contributed by atoms with Gasteiger partial charge in [-0.05, 0) is 30.3 Å². The number of carbonyl (C=O) groups is 2. The van der Waals surface area contributed by atoms with Crippen LogP contribution in [0.5, 0.6) is 0 Å². The molecule has 0 aliphatic heterocycles. The van der Waals surface area contributed by atoms with Crippen molar-refractivity contribution in [1.29, 1.82) is 0 Å². The monoisotopic (exact) mass is 378 g/mol. The lowest BCUT2D eigenvalue weighted by atomic mass is 10.2. The van der Waals surface area contributed by atoms with Crippen LogP contribution in [0.3, 0.4) is 0 Å². The molecule has 2 aromatic rings. The van der Waals surface area contributed by atoms with E-state index in [9.17, 15) is 19.7 Å². The quantitative estimate of drug-likeness (QED) is 0.489. The number of esters is 1. The van der Waals surface area contributed by atoms with E-state index in [-0.39, 0.29) is 11.3 Å². The number of halogens is 1. The Hall–Kier alpha value is -2.74. The summed E-state index contributed by atoms with van der Waals surface area (Å²) in [6.45, 7) is -0.456. The van der Waals surface area contributed by atoms with E-state index >= 15 is 0 Å². The molecule has 118 valence electrons. The number of benzene rings is 2. The van der Waals surface area contributed by atoms with E-state index in [1.807, 2.05) is 6.07 Å². The van der Waals surface area contributed by atoms with Gasteiger partial charge in [0.1, 0.15) is 0 Å². The lowest BCUT2D eigenvalue weighted by Gasteiger charge is -2.07. The Morgan fingerprint density at radius 3 is 2.48 bits per heavy atom. The van der Waals surface area contributed by atoms with Crippen LogP contribution in [0.15, 0.2) is 53.0 Å². The fourth-order valence-electron chi connectivity index (χ4n) is 1.70. The van der Waals surface area contributed by atoms with Crippen molar-refractivity contribution in [3.8, 4) is 0 Å².